The van der Waals surface area contributed by atoms with Gasteiger partial charge in [-0.3, -0.25) is 0 Å². The normalized spacial score (nSPS) is 23.2. The highest BCUT2D eigenvalue weighted by atomic mass is 35.5. The van der Waals surface area contributed by atoms with Crippen LogP contribution >= 0.6 is 11.6 Å². The maximum Gasteiger partial charge on any atom is 0.0886 e. The molecule has 1 saturated heterocycles. The zero-order valence-electron chi connectivity index (χ0n) is 15.6. The van der Waals surface area contributed by atoms with Crippen LogP contribution in [0.3, 0.4) is 0 Å². The van der Waals surface area contributed by atoms with Gasteiger partial charge >= 0.3 is 0 Å². The summed E-state index contributed by atoms with van der Waals surface area (Å²) in [5, 5.41) is 12.2. The van der Waals surface area contributed by atoms with Gasteiger partial charge in [-0.1, -0.05) is 31.5 Å². The number of fused-ring (bicyclic) bond motifs is 2. The molecule has 1 fully saturated rings. The minimum Gasteiger partial charge on any atom is -0.306 e. The number of nitrogens with one attached hydrogen (secondary N) is 1. The first-order valence-electron chi connectivity index (χ1n) is 9.19. The SMILES string of the molecule is Cc1cc2c(cc1Cl)C1(CCN(C)CC1)CC2C(C)(C)c1cn[nH]n1. The molecule has 0 radical (unpaired) electrons. The highest BCUT2D eigenvalue weighted by Gasteiger charge is 2.50. The quantitative estimate of drug-likeness (QED) is 0.875. The summed E-state index contributed by atoms with van der Waals surface area (Å²) in [5.41, 5.74) is 5.37. The molecule has 25 heavy (non-hydrogen) atoms. The smallest absolute Gasteiger partial charge is 0.0886 e. The number of rotatable bonds is 2. The molecule has 0 amide bonds. The molecule has 0 saturated carbocycles. The fourth-order valence-corrected chi connectivity index (χ4v) is 5.08. The van der Waals surface area contributed by atoms with Crippen LogP contribution in [0, 0.1) is 6.92 Å². The van der Waals surface area contributed by atoms with Crippen LogP contribution in [0.2, 0.25) is 5.02 Å². The van der Waals surface area contributed by atoms with Gasteiger partial charge in [0.2, 0.25) is 0 Å². The third kappa shape index (κ3) is 2.61. The molecule has 2 aromatic rings. The van der Waals surface area contributed by atoms with Gasteiger partial charge in [-0.15, -0.1) is 0 Å². The Kier molecular flexibility index (Phi) is 3.97. The van der Waals surface area contributed by atoms with Crippen molar-refractivity contribution < 1.29 is 0 Å². The first-order valence-corrected chi connectivity index (χ1v) is 9.57. The summed E-state index contributed by atoms with van der Waals surface area (Å²) in [4.78, 5) is 2.44. The van der Waals surface area contributed by atoms with Crippen LogP contribution in [0.25, 0.3) is 0 Å². The summed E-state index contributed by atoms with van der Waals surface area (Å²) in [6.45, 7) is 9.03. The fraction of sp³-hybridized carbons (Fsp3) is 0.600. The zero-order chi connectivity index (χ0) is 17.8. The van der Waals surface area contributed by atoms with Gasteiger partial charge < -0.3 is 4.90 Å². The Hall–Kier alpha value is -1.39. The third-order valence-corrected chi connectivity index (χ3v) is 7.17. The fourth-order valence-electron chi connectivity index (χ4n) is 4.92. The molecule has 1 atom stereocenters. The van der Waals surface area contributed by atoms with Gasteiger partial charge in [0.15, 0.2) is 0 Å². The van der Waals surface area contributed by atoms with Crippen LogP contribution in [-0.2, 0) is 10.8 Å². The van der Waals surface area contributed by atoms with Crippen molar-refractivity contribution in [3.05, 3.63) is 45.7 Å². The Balaban J connectivity index is 1.83. The molecule has 4 rings (SSSR count). The lowest BCUT2D eigenvalue weighted by Gasteiger charge is -2.40. The van der Waals surface area contributed by atoms with E-state index in [1.54, 1.807) is 0 Å². The number of aryl methyl sites for hydroxylation is 1. The molecular formula is C20H27ClN4. The van der Waals surface area contributed by atoms with E-state index in [1.807, 2.05) is 6.20 Å². The molecule has 5 heteroatoms. The van der Waals surface area contributed by atoms with E-state index in [0.717, 1.165) is 23.8 Å². The second-order valence-electron chi connectivity index (χ2n) is 8.61. The van der Waals surface area contributed by atoms with Crippen LogP contribution in [0.1, 0.15) is 61.4 Å². The van der Waals surface area contributed by atoms with Gasteiger partial charge in [0.05, 0.1) is 11.9 Å². The first kappa shape index (κ1) is 17.0. The number of aromatic nitrogens is 3. The van der Waals surface area contributed by atoms with Crippen molar-refractivity contribution in [2.75, 3.05) is 20.1 Å². The monoisotopic (exact) mass is 358 g/mol. The number of nitrogens with zero attached hydrogens (tertiary/aromatic N) is 3. The van der Waals surface area contributed by atoms with Gasteiger partial charge in [-0.05, 0) is 80.4 Å². The molecule has 1 aliphatic heterocycles. The molecule has 1 N–H and O–H groups in total. The minimum absolute atomic E-state index is 0.0606. The molecule has 2 aliphatic rings. The van der Waals surface area contributed by atoms with Gasteiger partial charge in [0.25, 0.3) is 0 Å². The van der Waals surface area contributed by atoms with E-state index >= 15 is 0 Å². The molecule has 2 heterocycles. The number of piperidine rings is 1. The molecule has 0 bridgehead atoms. The molecule has 1 aromatic heterocycles. The molecule has 1 aliphatic carbocycles. The summed E-state index contributed by atoms with van der Waals surface area (Å²) in [6.07, 6.45) is 5.47. The van der Waals surface area contributed by atoms with Crippen LogP contribution in [0.4, 0.5) is 0 Å². The Bertz CT molecular complexity index is 773. The Morgan fingerprint density at radius 1 is 1.28 bits per heavy atom. The van der Waals surface area contributed by atoms with Crippen molar-refractivity contribution in [2.24, 2.45) is 0 Å². The van der Waals surface area contributed by atoms with E-state index in [2.05, 4.69) is 60.3 Å². The molecule has 4 nitrogen and oxygen atoms in total. The van der Waals surface area contributed by atoms with E-state index < -0.39 is 0 Å². The van der Waals surface area contributed by atoms with Gasteiger partial charge in [-0.25, -0.2) is 0 Å². The highest BCUT2D eigenvalue weighted by molar-refractivity contribution is 6.31. The van der Waals surface area contributed by atoms with Crippen molar-refractivity contribution in [3.63, 3.8) is 0 Å². The molecule has 1 spiro atoms. The zero-order valence-corrected chi connectivity index (χ0v) is 16.3. The second kappa shape index (κ2) is 5.82. The van der Waals surface area contributed by atoms with E-state index in [1.165, 1.54) is 36.0 Å². The van der Waals surface area contributed by atoms with E-state index in [-0.39, 0.29) is 10.8 Å². The van der Waals surface area contributed by atoms with Crippen LogP contribution in [-0.4, -0.2) is 40.4 Å². The highest BCUT2D eigenvalue weighted by Crippen LogP contribution is 2.57. The Morgan fingerprint density at radius 3 is 2.64 bits per heavy atom. The lowest BCUT2D eigenvalue weighted by atomic mass is 9.69. The summed E-state index contributed by atoms with van der Waals surface area (Å²) in [6, 6.07) is 4.59. The van der Waals surface area contributed by atoms with E-state index in [4.69, 9.17) is 11.6 Å². The maximum atomic E-state index is 6.55. The second-order valence-corrected chi connectivity index (χ2v) is 9.01. The van der Waals surface area contributed by atoms with Gasteiger partial charge in [0.1, 0.15) is 0 Å². The Morgan fingerprint density at radius 2 is 2.00 bits per heavy atom. The van der Waals surface area contributed by atoms with Crippen LogP contribution < -0.4 is 0 Å². The Labute approximate surface area is 155 Å². The maximum absolute atomic E-state index is 6.55. The number of hydrogen-bond acceptors (Lipinski definition) is 3. The third-order valence-electron chi connectivity index (χ3n) is 6.76. The average Bonchev–Trinajstić information content (AvgIpc) is 3.20. The summed E-state index contributed by atoms with van der Waals surface area (Å²) in [7, 11) is 2.22. The predicted octanol–water partition coefficient (Wildman–Crippen LogP) is 4.20. The molecule has 134 valence electrons. The number of H-pyrrole nitrogens is 1. The number of hydrogen-bond donors (Lipinski definition) is 1. The molecule has 1 unspecified atom stereocenters. The topological polar surface area (TPSA) is 44.8 Å². The summed E-state index contributed by atoms with van der Waals surface area (Å²) < 4.78 is 0. The predicted molar refractivity (Wildman–Crippen MR) is 101 cm³/mol. The number of halogens is 1. The number of aromatic amines is 1. The lowest BCUT2D eigenvalue weighted by Crippen LogP contribution is -2.40. The van der Waals surface area contributed by atoms with Crippen molar-refractivity contribution >= 4 is 11.6 Å². The largest absolute Gasteiger partial charge is 0.306 e. The van der Waals surface area contributed by atoms with Gasteiger partial charge in [0, 0.05) is 10.4 Å². The van der Waals surface area contributed by atoms with Crippen LogP contribution in [0.15, 0.2) is 18.3 Å². The minimum atomic E-state index is -0.0606. The number of benzene rings is 1. The standard InChI is InChI=1S/C20H27ClN4/c1-13-9-14-15(10-17(13)21)20(5-7-25(4)8-6-20)11-16(14)19(2,3)18-12-22-24-23-18/h9-10,12,16H,5-8,11H2,1-4H3,(H,22,23,24). The first-order chi connectivity index (χ1) is 11.8. The van der Waals surface area contributed by atoms with Crippen molar-refractivity contribution in [3.8, 4) is 0 Å². The summed E-state index contributed by atoms with van der Waals surface area (Å²) >= 11 is 6.55. The lowest BCUT2D eigenvalue weighted by molar-refractivity contribution is 0.174. The van der Waals surface area contributed by atoms with E-state index in [9.17, 15) is 0 Å². The number of likely N-dealkylation sites (tertiary alicyclic amines) is 1. The summed E-state index contributed by atoms with van der Waals surface area (Å²) in [5.74, 6) is 0.437. The van der Waals surface area contributed by atoms with Crippen molar-refractivity contribution in [2.45, 2.75) is 56.8 Å². The molecule has 1 aromatic carbocycles. The van der Waals surface area contributed by atoms with E-state index in [0.29, 0.717) is 5.92 Å². The molecular weight excluding hydrogens is 332 g/mol. The van der Waals surface area contributed by atoms with Gasteiger partial charge in [-0.2, -0.15) is 15.4 Å². The van der Waals surface area contributed by atoms with Crippen molar-refractivity contribution in [1.82, 2.24) is 20.3 Å². The van der Waals surface area contributed by atoms with Crippen molar-refractivity contribution in [1.29, 1.82) is 0 Å². The van der Waals surface area contributed by atoms with Crippen LogP contribution in [0.5, 0.6) is 0 Å². The average molecular weight is 359 g/mol.